The third kappa shape index (κ3) is 3.87. The van der Waals surface area contributed by atoms with E-state index in [-0.39, 0.29) is 30.2 Å². The molecule has 1 amide bonds. The maximum atomic E-state index is 12.6. The lowest BCUT2D eigenvalue weighted by molar-refractivity contribution is -0.184. The third-order valence-corrected chi connectivity index (χ3v) is 4.67. The lowest BCUT2D eigenvalue weighted by Crippen LogP contribution is -2.49. The normalized spacial score (nSPS) is 35.0. The van der Waals surface area contributed by atoms with Crippen LogP contribution in [0, 0.1) is 11.8 Å². The van der Waals surface area contributed by atoms with Crippen molar-refractivity contribution in [2.45, 2.75) is 57.2 Å². The van der Waals surface area contributed by atoms with Crippen LogP contribution in [0.2, 0.25) is 0 Å². The van der Waals surface area contributed by atoms with E-state index < -0.39 is 12.1 Å². The maximum Gasteiger partial charge on any atom is 0.391 e. The molecule has 0 aromatic heterocycles. The molecule has 2 fully saturated rings. The van der Waals surface area contributed by atoms with E-state index in [4.69, 9.17) is 0 Å². The fraction of sp³-hybridized carbons (Fsp3) is 0.929. The molecule has 0 bridgehead atoms. The maximum absolute atomic E-state index is 12.6. The van der Waals surface area contributed by atoms with Gasteiger partial charge in [0.25, 0.3) is 0 Å². The van der Waals surface area contributed by atoms with Gasteiger partial charge in [-0.25, -0.2) is 0 Å². The molecule has 2 rings (SSSR count). The summed E-state index contributed by atoms with van der Waals surface area (Å²) in [6.07, 6.45) is -1.13. The van der Waals surface area contributed by atoms with Crippen LogP contribution in [0.1, 0.15) is 45.4 Å². The summed E-state index contributed by atoms with van der Waals surface area (Å²) < 4.78 is 37.7. The first-order chi connectivity index (χ1) is 9.30. The summed E-state index contributed by atoms with van der Waals surface area (Å²) in [6.45, 7) is 3.59. The van der Waals surface area contributed by atoms with Crippen molar-refractivity contribution in [2.24, 2.45) is 11.8 Å². The van der Waals surface area contributed by atoms with E-state index in [1.165, 1.54) is 0 Å². The molecule has 2 aliphatic rings. The summed E-state index contributed by atoms with van der Waals surface area (Å²) in [6, 6.07) is 0. The topological polar surface area (TPSA) is 41.1 Å². The highest BCUT2D eigenvalue weighted by Gasteiger charge is 2.42. The molecule has 1 atom stereocenters. The molecule has 0 aromatic carbocycles. The molecule has 1 unspecified atom stereocenters. The summed E-state index contributed by atoms with van der Waals surface area (Å²) in [5, 5.41) is 6.26. The fourth-order valence-corrected chi connectivity index (χ4v) is 3.22. The lowest BCUT2D eigenvalue weighted by Gasteiger charge is -2.30. The number of carbonyl (C=O) groups excluding carboxylic acids is 1. The van der Waals surface area contributed by atoms with Crippen molar-refractivity contribution in [3.8, 4) is 0 Å². The number of hydrogen-bond acceptors (Lipinski definition) is 2. The van der Waals surface area contributed by atoms with Crippen molar-refractivity contribution in [3.05, 3.63) is 0 Å². The number of nitrogens with one attached hydrogen (secondary N) is 2. The van der Waals surface area contributed by atoms with Gasteiger partial charge in [0.1, 0.15) is 0 Å². The van der Waals surface area contributed by atoms with Gasteiger partial charge in [-0.05, 0) is 52.0 Å². The highest BCUT2D eigenvalue weighted by atomic mass is 19.4. The van der Waals surface area contributed by atoms with Crippen molar-refractivity contribution in [2.75, 3.05) is 13.1 Å². The Morgan fingerprint density at radius 3 is 2.45 bits per heavy atom. The molecule has 3 nitrogen and oxygen atoms in total. The fourth-order valence-electron chi connectivity index (χ4n) is 3.22. The van der Waals surface area contributed by atoms with E-state index in [1.807, 2.05) is 0 Å². The van der Waals surface area contributed by atoms with E-state index in [9.17, 15) is 18.0 Å². The Labute approximate surface area is 117 Å². The summed E-state index contributed by atoms with van der Waals surface area (Å²) in [5.74, 6) is -1.56. The van der Waals surface area contributed by atoms with Crippen molar-refractivity contribution < 1.29 is 18.0 Å². The Balaban J connectivity index is 1.75. The molecule has 0 radical (unpaired) electrons. The molecular weight excluding hydrogens is 269 g/mol. The van der Waals surface area contributed by atoms with E-state index in [2.05, 4.69) is 17.6 Å². The van der Waals surface area contributed by atoms with Crippen molar-refractivity contribution in [1.29, 1.82) is 0 Å². The molecule has 1 aliphatic carbocycles. The zero-order valence-electron chi connectivity index (χ0n) is 11.9. The van der Waals surface area contributed by atoms with Crippen LogP contribution in [-0.4, -0.2) is 30.7 Å². The number of halogens is 3. The van der Waals surface area contributed by atoms with Crippen LogP contribution in [0.25, 0.3) is 0 Å². The van der Waals surface area contributed by atoms with E-state index >= 15 is 0 Å². The molecule has 116 valence electrons. The Morgan fingerprint density at radius 2 is 1.95 bits per heavy atom. The second-order valence-electron chi connectivity index (χ2n) is 6.40. The third-order valence-electron chi connectivity index (χ3n) is 4.67. The molecule has 6 heteroatoms. The molecular formula is C14H23F3N2O. The number of hydrogen-bond donors (Lipinski definition) is 2. The van der Waals surface area contributed by atoms with Gasteiger partial charge in [-0.15, -0.1) is 0 Å². The van der Waals surface area contributed by atoms with Crippen LogP contribution in [-0.2, 0) is 4.79 Å². The standard InChI is InChI=1S/C14H23F3N2O/c1-13(7-2-8-19-13)9-18-12(20)10-3-5-11(6-4-10)14(15,16)17/h10-11,19H,2-9H2,1H3,(H,18,20). The monoisotopic (exact) mass is 292 g/mol. The summed E-state index contributed by atoms with van der Waals surface area (Å²) in [4.78, 5) is 12.0. The minimum absolute atomic E-state index is 0.0567. The summed E-state index contributed by atoms with van der Waals surface area (Å²) in [7, 11) is 0. The van der Waals surface area contributed by atoms with Gasteiger partial charge in [0.2, 0.25) is 5.91 Å². The van der Waals surface area contributed by atoms with Gasteiger partial charge < -0.3 is 10.6 Å². The second kappa shape index (κ2) is 5.92. The average molecular weight is 292 g/mol. The van der Waals surface area contributed by atoms with Crippen LogP contribution < -0.4 is 10.6 Å². The molecule has 1 saturated heterocycles. The minimum Gasteiger partial charge on any atom is -0.354 e. The van der Waals surface area contributed by atoms with E-state index in [0.717, 1.165) is 19.4 Å². The Morgan fingerprint density at radius 1 is 1.30 bits per heavy atom. The molecule has 0 spiro atoms. The zero-order chi connectivity index (χ0) is 14.8. The minimum atomic E-state index is -4.11. The molecule has 1 heterocycles. The van der Waals surface area contributed by atoms with Gasteiger partial charge in [0.15, 0.2) is 0 Å². The molecule has 1 saturated carbocycles. The number of alkyl halides is 3. The molecule has 0 aromatic rings. The predicted octanol–water partition coefficient (Wildman–Crippen LogP) is 2.61. The predicted molar refractivity (Wildman–Crippen MR) is 70.2 cm³/mol. The van der Waals surface area contributed by atoms with Crippen LogP contribution >= 0.6 is 0 Å². The number of amides is 1. The molecule has 2 N–H and O–H groups in total. The first-order valence-corrected chi connectivity index (χ1v) is 7.40. The second-order valence-corrected chi connectivity index (χ2v) is 6.40. The van der Waals surface area contributed by atoms with Crippen LogP contribution in [0.5, 0.6) is 0 Å². The average Bonchev–Trinajstić information content (AvgIpc) is 2.83. The van der Waals surface area contributed by atoms with Crippen molar-refractivity contribution in [3.63, 3.8) is 0 Å². The summed E-state index contributed by atoms with van der Waals surface area (Å²) >= 11 is 0. The Hall–Kier alpha value is -0.780. The van der Waals surface area contributed by atoms with Crippen molar-refractivity contribution in [1.82, 2.24) is 10.6 Å². The molecule has 20 heavy (non-hydrogen) atoms. The van der Waals surface area contributed by atoms with Crippen LogP contribution in [0.4, 0.5) is 13.2 Å². The zero-order valence-corrected chi connectivity index (χ0v) is 11.9. The highest BCUT2D eigenvalue weighted by Crippen LogP contribution is 2.39. The van der Waals surface area contributed by atoms with Gasteiger partial charge in [0.05, 0.1) is 5.92 Å². The largest absolute Gasteiger partial charge is 0.391 e. The van der Waals surface area contributed by atoms with Gasteiger partial charge in [-0.3, -0.25) is 4.79 Å². The van der Waals surface area contributed by atoms with Gasteiger partial charge >= 0.3 is 6.18 Å². The smallest absolute Gasteiger partial charge is 0.354 e. The number of rotatable bonds is 3. The van der Waals surface area contributed by atoms with Gasteiger partial charge in [0, 0.05) is 18.0 Å². The van der Waals surface area contributed by atoms with E-state index in [0.29, 0.717) is 19.4 Å². The Bertz CT molecular complexity index is 343. The van der Waals surface area contributed by atoms with Crippen LogP contribution in [0.15, 0.2) is 0 Å². The first kappa shape index (κ1) is 15.6. The first-order valence-electron chi connectivity index (χ1n) is 7.40. The van der Waals surface area contributed by atoms with Gasteiger partial charge in [-0.2, -0.15) is 13.2 Å². The quantitative estimate of drug-likeness (QED) is 0.839. The summed E-state index contributed by atoms with van der Waals surface area (Å²) in [5.41, 5.74) is -0.0567. The SMILES string of the molecule is CC1(CNC(=O)C2CCC(C(F)(F)F)CC2)CCCN1. The lowest BCUT2D eigenvalue weighted by atomic mass is 9.81. The highest BCUT2D eigenvalue weighted by molar-refractivity contribution is 5.78. The van der Waals surface area contributed by atoms with Gasteiger partial charge in [-0.1, -0.05) is 0 Å². The number of carbonyl (C=O) groups is 1. The van der Waals surface area contributed by atoms with Crippen LogP contribution in [0.3, 0.4) is 0 Å². The van der Waals surface area contributed by atoms with E-state index in [1.54, 1.807) is 0 Å². The van der Waals surface area contributed by atoms with Crippen molar-refractivity contribution >= 4 is 5.91 Å². The Kier molecular flexibility index (Phi) is 4.62. The molecule has 1 aliphatic heterocycles.